The molecule has 0 atom stereocenters. The van der Waals surface area contributed by atoms with E-state index in [4.69, 9.17) is 5.26 Å². The highest BCUT2D eigenvalue weighted by Gasteiger charge is 2.26. The predicted molar refractivity (Wildman–Crippen MR) is 53.7 cm³/mol. The normalized spacial score (nSPS) is 16.5. The van der Waals surface area contributed by atoms with Crippen molar-refractivity contribution in [3.8, 4) is 6.07 Å². The third-order valence-electron chi connectivity index (χ3n) is 2.40. The second-order valence-electron chi connectivity index (χ2n) is 4.37. The van der Waals surface area contributed by atoms with Crippen LogP contribution in [0.1, 0.15) is 26.7 Å². The molecule has 0 aromatic rings. The molecule has 0 aromatic heterocycles. The van der Waals surface area contributed by atoms with Crippen molar-refractivity contribution in [1.29, 1.82) is 5.26 Å². The lowest BCUT2D eigenvalue weighted by atomic mass is 9.90. The second kappa shape index (κ2) is 4.30. The molecule has 0 radical (unpaired) electrons. The van der Waals surface area contributed by atoms with Crippen molar-refractivity contribution in [1.82, 2.24) is 10.2 Å². The van der Waals surface area contributed by atoms with E-state index in [0.717, 1.165) is 12.8 Å². The summed E-state index contributed by atoms with van der Waals surface area (Å²) in [6.45, 7) is 4.40. The molecule has 0 aromatic carbocycles. The molecular formula is C10H15N3O2. The first kappa shape index (κ1) is 11.5. The zero-order valence-corrected chi connectivity index (χ0v) is 9.04. The molecule has 0 saturated carbocycles. The van der Waals surface area contributed by atoms with Crippen LogP contribution in [0.15, 0.2) is 0 Å². The van der Waals surface area contributed by atoms with Gasteiger partial charge in [0.1, 0.15) is 6.54 Å². The van der Waals surface area contributed by atoms with Gasteiger partial charge < -0.3 is 4.90 Å². The van der Waals surface area contributed by atoms with Gasteiger partial charge in [-0.05, 0) is 26.7 Å². The summed E-state index contributed by atoms with van der Waals surface area (Å²) in [6.07, 6.45) is 1.46. The molecular weight excluding hydrogens is 194 g/mol. The Morgan fingerprint density at radius 2 is 2.20 bits per heavy atom. The van der Waals surface area contributed by atoms with E-state index in [9.17, 15) is 9.59 Å². The number of urea groups is 1. The van der Waals surface area contributed by atoms with Crippen LogP contribution in [0, 0.1) is 16.7 Å². The Kier molecular flexibility index (Phi) is 3.30. The number of hydrogen-bond acceptors (Lipinski definition) is 3. The minimum Gasteiger partial charge on any atom is -0.315 e. The topological polar surface area (TPSA) is 73.2 Å². The van der Waals surface area contributed by atoms with E-state index < -0.39 is 0 Å². The number of imide groups is 1. The first-order chi connectivity index (χ1) is 6.94. The van der Waals surface area contributed by atoms with Gasteiger partial charge in [0.2, 0.25) is 5.91 Å². The summed E-state index contributed by atoms with van der Waals surface area (Å²) in [6, 6.07) is 1.88. The molecule has 3 amide bonds. The highest BCUT2D eigenvalue weighted by atomic mass is 16.2. The molecule has 0 spiro atoms. The Morgan fingerprint density at radius 1 is 1.53 bits per heavy atom. The van der Waals surface area contributed by atoms with Gasteiger partial charge in [0.05, 0.1) is 11.5 Å². The van der Waals surface area contributed by atoms with Crippen LogP contribution in [-0.2, 0) is 4.79 Å². The van der Waals surface area contributed by atoms with Crippen LogP contribution in [0.2, 0.25) is 0 Å². The Balaban J connectivity index is 2.30. The maximum Gasteiger partial charge on any atom is 0.324 e. The van der Waals surface area contributed by atoms with Crippen LogP contribution in [0.3, 0.4) is 0 Å². The largest absolute Gasteiger partial charge is 0.324 e. The molecule has 1 fully saturated rings. The van der Waals surface area contributed by atoms with Crippen LogP contribution < -0.4 is 5.32 Å². The number of nitrogens with one attached hydrogen (secondary N) is 1. The smallest absolute Gasteiger partial charge is 0.315 e. The van der Waals surface area contributed by atoms with Gasteiger partial charge in [-0.15, -0.1) is 0 Å². The van der Waals surface area contributed by atoms with Crippen molar-refractivity contribution >= 4 is 11.9 Å². The molecule has 82 valence electrons. The second-order valence-corrected chi connectivity index (χ2v) is 4.37. The van der Waals surface area contributed by atoms with E-state index >= 15 is 0 Å². The molecule has 1 heterocycles. The lowest BCUT2D eigenvalue weighted by Crippen LogP contribution is -2.29. The standard InChI is InChI=1S/C10H15N3O2/c1-10(2,7-11)4-3-5-13-6-8(14)12-9(13)15/h3-6H2,1-2H3,(H,12,14,15). The Labute approximate surface area is 89.0 Å². The van der Waals surface area contributed by atoms with Gasteiger partial charge >= 0.3 is 6.03 Å². The van der Waals surface area contributed by atoms with E-state index in [0.29, 0.717) is 6.54 Å². The first-order valence-corrected chi connectivity index (χ1v) is 4.95. The summed E-state index contributed by atoms with van der Waals surface area (Å²) in [5.41, 5.74) is -0.361. The molecule has 1 N–H and O–H groups in total. The molecule has 1 aliphatic heterocycles. The van der Waals surface area contributed by atoms with Crippen molar-refractivity contribution in [3.63, 3.8) is 0 Å². The predicted octanol–water partition coefficient (Wildman–Crippen LogP) is 0.868. The van der Waals surface area contributed by atoms with Crippen molar-refractivity contribution in [2.24, 2.45) is 5.41 Å². The average molecular weight is 209 g/mol. The SMILES string of the molecule is CC(C)(C#N)CCCN1CC(=O)NC1=O. The number of amides is 3. The minimum atomic E-state index is -0.361. The number of nitriles is 1. The zero-order valence-electron chi connectivity index (χ0n) is 9.04. The van der Waals surface area contributed by atoms with Gasteiger partial charge in [-0.3, -0.25) is 10.1 Å². The maximum absolute atomic E-state index is 11.1. The van der Waals surface area contributed by atoms with Gasteiger partial charge in [-0.25, -0.2) is 4.79 Å². The van der Waals surface area contributed by atoms with Crippen molar-refractivity contribution in [3.05, 3.63) is 0 Å². The molecule has 5 nitrogen and oxygen atoms in total. The average Bonchev–Trinajstić information content (AvgIpc) is 2.45. The Hall–Kier alpha value is -1.57. The van der Waals surface area contributed by atoms with Crippen LogP contribution >= 0.6 is 0 Å². The Bertz CT molecular complexity index is 317. The van der Waals surface area contributed by atoms with E-state index in [-0.39, 0.29) is 23.9 Å². The van der Waals surface area contributed by atoms with Crippen LogP contribution in [-0.4, -0.2) is 29.9 Å². The van der Waals surface area contributed by atoms with E-state index in [1.807, 2.05) is 13.8 Å². The summed E-state index contributed by atoms with van der Waals surface area (Å²) in [4.78, 5) is 23.5. The minimum absolute atomic E-state index is 0.145. The first-order valence-electron chi connectivity index (χ1n) is 4.95. The molecule has 0 aliphatic carbocycles. The monoisotopic (exact) mass is 209 g/mol. The summed E-state index contributed by atoms with van der Waals surface area (Å²) >= 11 is 0. The van der Waals surface area contributed by atoms with Gasteiger partial charge in [0.25, 0.3) is 0 Å². The van der Waals surface area contributed by atoms with E-state index in [1.54, 1.807) is 0 Å². The maximum atomic E-state index is 11.1. The van der Waals surface area contributed by atoms with Crippen molar-refractivity contribution in [2.45, 2.75) is 26.7 Å². The highest BCUT2D eigenvalue weighted by molar-refractivity contribution is 6.01. The molecule has 0 unspecified atom stereocenters. The lowest BCUT2D eigenvalue weighted by Gasteiger charge is -2.17. The van der Waals surface area contributed by atoms with Crippen LogP contribution in [0.4, 0.5) is 4.79 Å². The quantitative estimate of drug-likeness (QED) is 0.698. The van der Waals surface area contributed by atoms with Gasteiger partial charge in [0, 0.05) is 6.54 Å². The molecule has 1 saturated heterocycles. The fourth-order valence-corrected chi connectivity index (χ4v) is 1.43. The third-order valence-corrected chi connectivity index (χ3v) is 2.40. The summed E-state index contributed by atoms with van der Waals surface area (Å²) < 4.78 is 0. The highest BCUT2D eigenvalue weighted by Crippen LogP contribution is 2.20. The molecule has 1 aliphatic rings. The van der Waals surface area contributed by atoms with Crippen molar-refractivity contribution in [2.75, 3.05) is 13.1 Å². The zero-order chi connectivity index (χ0) is 11.5. The number of rotatable bonds is 4. The Morgan fingerprint density at radius 3 is 2.67 bits per heavy atom. The summed E-state index contributed by atoms with van der Waals surface area (Å²) in [5.74, 6) is -0.250. The third kappa shape index (κ3) is 3.24. The number of nitrogens with zero attached hydrogens (tertiary/aromatic N) is 2. The van der Waals surface area contributed by atoms with Crippen molar-refractivity contribution < 1.29 is 9.59 Å². The van der Waals surface area contributed by atoms with E-state index in [1.165, 1.54) is 4.90 Å². The lowest BCUT2D eigenvalue weighted by molar-refractivity contribution is -0.118. The summed E-state index contributed by atoms with van der Waals surface area (Å²) in [7, 11) is 0. The fraction of sp³-hybridized carbons (Fsp3) is 0.700. The van der Waals surface area contributed by atoms with Crippen LogP contribution in [0.5, 0.6) is 0 Å². The molecule has 5 heteroatoms. The van der Waals surface area contributed by atoms with E-state index in [2.05, 4.69) is 11.4 Å². The fourth-order valence-electron chi connectivity index (χ4n) is 1.43. The van der Waals surface area contributed by atoms with Gasteiger partial charge in [-0.2, -0.15) is 5.26 Å². The summed E-state index contributed by atoms with van der Waals surface area (Å²) in [5, 5.41) is 11.0. The number of carbonyl (C=O) groups excluding carboxylic acids is 2. The number of hydrogen-bond donors (Lipinski definition) is 1. The van der Waals surface area contributed by atoms with Gasteiger partial charge in [-0.1, -0.05) is 0 Å². The van der Waals surface area contributed by atoms with Gasteiger partial charge in [0.15, 0.2) is 0 Å². The molecule has 0 bridgehead atoms. The van der Waals surface area contributed by atoms with Crippen LogP contribution in [0.25, 0.3) is 0 Å². The number of carbonyl (C=O) groups is 2. The molecule has 1 rings (SSSR count). The molecule has 15 heavy (non-hydrogen) atoms.